The van der Waals surface area contributed by atoms with Crippen molar-refractivity contribution in [2.24, 2.45) is 10.7 Å². The molecule has 2 heterocycles. The maximum atomic E-state index is 11.0. The van der Waals surface area contributed by atoms with E-state index in [1.165, 1.54) is 32.2 Å². The number of hydrogen-bond donors (Lipinski definition) is 3. The van der Waals surface area contributed by atoms with Crippen molar-refractivity contribution in [1.82, 2.24) is 15.5 Å². The summed E-state index contributed by atoms with van der Waals surface area (Å²) in [4.78, 5) is 17.8. The molecular weight excluding hydrogens is 306 g/mol. The minimum Gasteiger partial charge on any atom is -0.454 e. The third-order valence-electron chi connectivity index (χ3n) is 4.47. The molecule has 1 unspecified atom stereocenters. The Balaban J connectivity index is 1.72. The summed E-state index contributed by atoms with van der Waals surface area (Å²) < 4.78 is 5.34. The van der Waals surface area contributed by atoms with Crippen LogP contribution in [0.25, 0.3) is 0 Å². The number of furan rings is 1. The largest absolute Gasteiger partial charge is 0.454 e. The van der Waals surface area contributed by atoms with Crippen LogP contribution in [0.1, 0.15) is 48.9 Å². The fourth-order valence-electron chi connectivity index (χ4n) is 3.13. The van der Waals surface area contributed by atoms with Crippen LogP contribution in [0.2, 0.25) is 0 Å². The van der Waals surface area contributed by atoms with E-state index in [2.05, 4.69) is 27.4 Å². The highest BCUT2D eigenvalue weighted by atomic mass is 16.3. The summed E-state index contributed by atoms with van der Waals surface area (Å²) in [5.41, 5.74) is 5.17. The molecule has 1 aromatic rings. The molecule has 2 rings (SSSR count). The van der Waals surface area contributed by atoms with Crippen LogP contribution < -0.4 is 16.4 Å². The predicted octanol–water partition coefficient (Wildman–Crippen LogP) is 1.31. The van der Waals surface area contributed by atoms with Crippen molar-refractivity contribution < 1.29 is 9.21 Å². The fourth-order valence-corrected chi connectivity index (χ4v) is 3.13. The molecule has 0 aliphatic carbocycles. The van der Waals surface area contributed by atoms with Crippen LogP contribution in [0.4, 0.5) is 0 Å². The van der Waals surface area contributed by atoms with Crippen LogP contribution in [0.3, 0.4) is 0 Å². The van der Waals surface area contributed by atoms with Gasteiger partial charge in [-0.3, -0.25) is 14.7 Å². The van der Waals surface area contributed by atoms with Gasteiger partial charge in [-0.25, -0.2) is 0 Å². The summed E-state index contributed by atoms with van der Waals surface area (Å²) in [7, 11) is 1.74. The number of hydrogen-bond acceptors (Lipinski definition) is 4. The molecule has 134 valence electrons. The maximum Gasteiger partial charge on any atom is 0.284 e. The molecule has 0 saturated carbocycles. The Labute approximate surface area is 143 Å². The Morgan fingerprint density at radius 3 is 2.92 bits per heavy atom. The Morgan fingerprint density at radius 1 is 1.42 bits per heavy atom. The van der Waals surface area contributed by atoms with Crippen molar-refractivity contribution >= 4 is 11.9 Å². The summed E-state index contributed by atoms with van der Waals surface area (Å²) in [5, 5.41) is 6.50. The first-order valence-electron chi connectivity index (χ1n) is 8.71. The van der Waals surface area contributed by atoms with E-state index in [9.17, 15) is 4.79 Å². The maximum absolute atomic E-state index is 11.0. The van der Waals surface area contributed by atoms with Crippen molar-refractivity contribution in [2.45, 2.75) is 45.2 Å². The van der Waals surface area contributed by atoms with Gasteiger partial charge in [0.25, 0.3) is 5.91 Å². The molecule has 24 heavy (non-hydrogen) atoms. The molecular formula is C17H29N5O2. The Hall–Kier alpha value is -2.02. The van der Waals surface area contributed by atoms with Crippen LogP contribution in [-0.2, 0) is 6.54 Å². The molecule has 1 aromatic heterocycles. The number of piperidine rings is 1. The van der Waals surface area contributed by atoms with Crippen molar-refractivity contribution in [3.63, 3.8) is 0 Å². The number of primary amides is 1. The zero-order valence-electron chi connectivity index (χ0n) is 14.7. The number of guanidine groups is 1. The number of nitrogens with two attached hydrogens (primary N) is 1. The smallest absolute Gasteiger partial charge is 0.284 e. The van der Waals surface area contributed by atoms with Crippen molar-refractivity contribution in [2.75, 3.05) is 26.7 Å². The summed E-state index contributed by atoms with van der Waals surface area (Å²) in [5.74, 6) is 0.979. The van der Waals surface area contributed by atoms with E-state index in [1.54, 1.807) is 19.2 Å². The van der Waals surface area contributed by atoms with Crippen LogP contribution in [0.15, 0.2) is 21.5 Å². The van der Waals surface area contributed by atoms with Gasteiger partial charge < -0.3 is 20.8 Å². The lowest BCUT2D eigenvalue weighted by Gasteiger charge is -2.35. The van der Waals surface area contributed by atoms with Gasteiger partial charge in [-0.05, 0) is 37.9 Å². The number of carbonyl (C=O) groups is 1. The molecule has 1 aliphatic heterocycles. The molecule has 1 saturated heterocycles. The van der Waals surface area contributed by atoms with E-state index in [0.717, 1.165) is 19.0 Å². The van der Waals surface area contributed by atoms with Gasteiger partial charge in [0, 0.05) is 26.2 Å². The normalized spacial score (nSPS) is 19.2. The van der Waals surface area contributed by atoms with Crippen LogP contribution in [0.5, 0.6) is 0 Å². The highest BCUT2D eigenvalue weighted by Gasteiger charge is 2.19. The third-order valence-corrected chi connectivity index (χ3v) is 4.47. The van der Waals surface area contributed by atoms with Crippen molar-refractivity contribution in [1.29, 1.82) is 0 Å². The number of amides is 1. The van der Waals surface area contributed by atoms with Gasteiger partial charge >= 0.3 is 0 Å². The molecule has 4 N–H and O–H groups in total. The van der Waals surface area contributed by atoms with Gasteiger partial charge in [-0.15, -0.1) is 0 Å². The Morgan fingerprint density at radius 2 is 2.25 bits per heavy atom. The Kier molecular flexibility index (Phi) is 7.11. The number of nitrogens with one attached hydrogen (secondary N) is 2. The summed E-state index contributed by atoms with van der Waals surface area (Å²) in [6.45, 7) is 5.77. The van der Waals surface area contributed by atoms with Crippen molar-refractivity contribution in [3.05, 3.63) is 23.7 Å². The molecule has 0 radical (unpaired) electrons. The van der Waals surface area contributed by atoms with E-state index in [-0.39, 0.29) is 5.76 Å². The first-order valence-corrected chi connectivity index (χ1v) is 8.71. The highest BCUT2D eigenvalue weighted by Crippen LogP contribution is 2.18. The fraction of sp³-hybridized carbons (Fsp3) is 0.647. The predicted molar refractivity (Wildman–Crippen MR) is 94.9 cm³/mol. The second-order valence-electron chi connectivity index (χ2n) is 6.08. The Bertz CT molecular complexity index is 555. The third kappa shape index (κ3) is 5.26. The standard InChI is InChI=1S/C17H29N5O2/c1-3-13-6-4-5-10-22(13)11-9-20-17(19-2)21-12-14-7-8-15(24-14)16(18)23/h7-8,13H,3-6,9-12H2,1-2H3,(H2,18,23)(H2,19,20,21). The van der Waals surface area contributed by atoms with Gasteiger partial charge in [-0.1, -0.05) is 13.3 Å². The van der Waals surface area contributed by atoms with Crippen LogP contribution in [-0.4, -0.2) is 49.5 Å². The monoisotopic (exact) mass is 335 g/mol. The molecule has 7 nitrogen and oxygen atoms in total. The minimum atomic E-state index is -0.559. The van der Waals surface area contributed by atoms with Crippen molar-refractivity contribution in [3.8, 4) is 0 Å². The molecule has 1 aliphatic rings. The first kappa shape index (κ1) is 18.3. The SMILES string of the molecule is CCC1CCCCN1CCNC(=NC)NCc1ccc(C(N)=O)o1. The summed E-state index contributed by atoms with van der Waals surface area (Å²) in [6.07, 6.45) is 5.17. The first-order chi connectivity index (χ1) is 11.6. The molecule has 1 fully saturated rings. The lowest BCUT2D eigenvalue weighted by molar-refractivity contribution is 0.0972. The lowest BCUT2D eigenvalue weighted by atomic mass is 10.0. The number of carbonyl (C=O) groups excluding carboxylic acids is 1. The molecule has 7 heteroatoms. The van der Waals surface area contributed by atoms with Gasteiger partial charge in [0.05, 0.1) is 6.54 Å². The minimum absolute atomic E-state index is 0.172. The van der Waals surface area contributed by atoms with Gasteiger partial charge in [0.2, 0.25) is 0 Å². The van der Waals surface area contributed by atoms with Gasteiger partial charge in [0.1, 0.15) is 5.76 Å². The average molecular weight is 335 g/mol. The zero-order valence-corrected chi connectivity index (χ0v) is 14.7. The number of nitrogens with zero attached hydrogens (tertiary/aromatic N) is 2. The van der Waals surface area contributed by atoms with E-state index in [0.29, 0.717) is 18.3 Å². The van der Waals surface area contributed by atoms with E-state index in [4.69, 9.17) is 10.2 Å². The summed E-state index contributed by atoms with van der Waals surface area (Å²) >= 11 is 0. The second kappa shape index (κ2) is 9.32. The second-order valence-corrected chi connectivity index (χ2v) is 6.08. The van der Waals surface area contributed by atoms with E-state index in [1.807, 2.05) is 0 Å². The van der Waals surface area contributed by atoms with Crippen LogP contribution in [0, 0.1) is 0 Å². The van der Waals surface area contributed by atoms with E-state index < -0.39 is 5.91 Å². The quantitative estimate of drug-likeness (QED) is 0.516. The van der Waals surface area contributed by atoms with Gasteiger partial charge in [-0.2, -0.15) is 0 Å². The van der Waals surface area contributed by atoms with Crippen LogP contribution >= 0.6 is 0 Å². The number of aliphatic imine (C=N–C) groups is 1. The average Bonchev–Trinajstić information content (AvgIpc) is 3.07. The summed E-state index contributed by atoms with van der Waals surface area (Å²) in [6, 6.07) is 4.03. The number of likely N-dealkylation sites (tertiary alicyclic amines) is 1. The zero-order chi connectivity index (χ0) is 17.4. The molecule has 0 bridgehead atoms. The molecule has 1 amide bonds. The highest BCUT2D eigenvalue weighted by molar-refractivity contribution is 5.89. The van der Waals surface area contributed by atoms with Gasteiger partial charge in [0.15, 0.2) is 11.7 Å². The number of rotatable bonds is 7. The molecule has 0 aromatic carbocycles. The molecule has 0 spiro atoms. The van der Waals surface area contributed by atoms with E-state index >= 15 is 0 Å². The molecule has 1 atom stereocenters. The lowest BCUT2D eigenvalue weighted by Crippen LogP contribution is -2.45. The topological polar surface area (TPSA) is 95.9 Å².